The van der Waals surface area contributed by atoms with Gasteiger partial charge in [-0.1, -0.05) is 109 Å². The second kappa shape index (κ2) is 17.8. The van der Waals surface area contributed by atoms with Gasteiger partial charge in [0.15, 0.2) is 0 Å². The van der Waals surface area contributed by atoms with Crippen LogP contribution in [0.25, 0.3) is 11.1 Å². The molecule has 288 valence electrons. The highest BCUT2D eigenvalue weighted by molar-refractivity contribution is 6.41. The van der Waals surface area contributed by atoms with E-state index in [9.17, 15) is 55.4 Å². The summed E-state index contributed by atoms with van der Waals surface area (Å²) in [6.45, 7) is 15.2. The van der Waals surface area contributed by atoms with Gasteiger partial charge in [0.05, 0.1) is 12.1 Å². The van der Waals surface area contributed by atoms with Gasteiger partial charge in [0.25, 0.3) is 0 Å². The number of benzene rings is 2. The van der Waals surface area contributed by atoms with Gasteiger partial charge in [-0.3, -0.25) is 19.2 Å². The monoisotopic (exact) mass is 743 g/mol. The first-order chi connectivity index (χ1) is 23.6. The van der Waals surface area contributed by atoms with E-state index in [1.165, 1.54) is 6.92 Å². The molecular weight excluding hydrogens is 696 g/mol. The summed E-state index contributed by atoms with van der Waals surface area (Å²) >= 11 is 0. The highest BCUT2D eigenvalue weighted by Crippen LogP contribution is 2.31. The van der Waals surface area contributed by atoms with Gasteiger partial charge in [-0.15, -0.1) is 0 Å². The molecule has 3 N–H and O–H groups in total. The Morgan fingerprint density at radius 1 is 0.750 bits per heavy atom. The zero-order chi connectivity index (χ0) is 40.6. The summed E-state index contributed by atoms with van der Waals surface area (Å²) in [4.78, 5) is 59.9. The number of ketones is 2. The van der Waals surface area contributed by atoms with Gasteiger partial charge >= 0.3 is 29.9 Å². The molecule has 9 nitrogen and oxygen atoms in total. The van der Waals surface area contributed by atoms with Crippen molar-refractivity contribution in [1.29, 1.82) is 0 Å². The Labute approximate surface area is 299 Å². The first-order valence-corrected chi connectivity index (χ1v) is 16.1. The van der Waals surface area contributed by atoms with Crippen molar-refractivity contribution in [1.82, 2.24) is 15.5 Å². The molecule has 0 unspecified atom stereocenters. The number of carboxylic acids is 1. The van der Waals surface area contributed by atoms with Gasteiger partial charge < -0.3 is 20.6 Å². The van der Waals surface area contributed by atoms with Crippen LogP contribution in [0.5, 0.6) is 0 Å². The molecule has 0 aromatic heterocycles. The number of nitrogens with zero attached hydrogens (tertiary/aromatic N) is 1. The fraction of sp³-hybridized carbons (Fsp3) is 0.486. The topological polar surface area (TPSA) is 133 Å². The third-order valence-corrected chi connectivity index (χ3v) is 8.37. The molecule has 2 amide bonds. The molecule has 0 saturated heterocycles. The third kappa shape index (κ3) is 12.3. The highest BCUT2D eigenvalue weighted by Gasteiger charge is 2.54. The van der Waals surface area contributed by atoms with Crippen molar-refractivity contribution < 1.29 is 55.4 Å². The van der Waals surface area contributed by atoms with Gasteiger partial charge in [-0.2, -0.15) is 26.3 Å². The number of carbonyl (C=O) groups excluding carboxylic acids is 4. The summed E-state index contributed by atoms with van der Waals surface area (Å²) in [6.07, 6.45) is -9.94. The van der Waals surface area contributed by atoms with Crippen LogP contribution in [-0.4, -0.2) is 83.9 Å². The average molecular weight is 744 g/mol. The Balaban J connectivity index is 0.000000960. The van der Waals surface area contributed by atoms with Gasteiger partial charge in [0.2, 0.25) is 11.8 Å². The number of amides is 2. The van der Waals surface area contributed by atoms with Crippen molar-refractivity contribution in [3.8, 4) is 11.1 Å². The normalized spacial score (nSPS) is 14.4. The minimum atomic E-state index is -5.77. The number of nitrogens with one attached hydrogen (secondary N) is 2. The maximum Gasteiger partial charge on any atom is 0.458 e. The van der Waals surface area contributed by atoms with E-state index in [2.05, 4.69) is 34.9 Å². The van der Waals surface area contributed by atoms with Crippen molar-refractivity contribution in [2.75, 3.05) is 14.1 Å². The molecular formula is C37H47F6N3O6. The maximum absolute atomic E-state index is 13.8. The van der Waals surface area contributed by atoms with Crippen LogP contribution in [0.3, 0.4) is 0 Å². The molecule has 0 spiro atoms. The smallest absolute Gasteiger partial charge is 0.458 e. The molecule has 0 aliphatic rings. The first-order valence-electron chi connectivity index (χ1n) is 16.1. The molecule has 2 rings (SSSR count). The minimum absolute atomic E-state index is 0.0255. The van der Waals surface area contributed by atoms with Gasteiger partial charge in [0.1, 0.15) is 6.04 Å². The molecule has 2 aromatic rings. The Morgan fingerprint density at radius 2 is 1.19 bits per heavy atom. The molecule has 0 aliphatic carbocycles. The van der Waals surface area contributed by atoms with Gasteiger partial charge in [-0.05, 0) is 42.0 Å². The zero-order valence-corrected chi connectivity index (χ0v) is 30.8. The predicted molar refractivity (Wildman–Crippen MR) is 184 cm³/mol. The number of aliphatic carboxylic acids is 1. The zero-order valence-electron chi connectivity index (χ0n) is 30.8. The van der Waals surface area contributed by atoms with Crippen LogP contribution >= 0.6 is 0 Å². The molecule has 15 heteroatoms. The molecule has 0 heterocycles. The number of carbonyl (C=O) groups is 5. The molecule has 0 fully saturated rings. The number of rotatable bonds is 12. The Hall–Kier alpha value is -4.53. The van der Waals surface area contributed by atoms with E-state index in [0.29, 0.717) is 0 Å². The summed E-state index contributed by atoms with van der Waals surface area (Å²) in [7, 11) is 3.41. The lowest BCUT2D eigenvalue weighted by Gasteiger charge is -2.40. The van der Waals surface area contributed by atoms with Crippen LogP contribution in [0, 0.1) is 11.3 Å². The Morgan fingerprint density at radius 3 is 1.56 bits per heavy atom. The van der Waals surface area contributed by atoms with E-state index in [0.717, 1.165) is 16.7 Å². The van der Waals surface area contributed by atoms with E-state index in [1.807, 2.05) is 78.8 Å². The Kier molecular flexibility index (Phi) is 15.6. The van der Waals surface area contributed by atoms with Crippen molar-refractivity contribution in [3.63, 3.8) is 0 Å². The number of likely N-dealkylation sites (N-methyl/N-ethyl adjacent to an activating group) is 2. The molecule has 0 bridgehead atoms. The number of hydrogen-bond acceptors (Lipinski definition) is 6. The predicted octanol–water partition coefficient (Wildman–Crippen LogP) is 6.51. The molecule has 0 radical (unpaired) electrons. The summed E-state index contributed by atoms with van der Waals surface area (Å²) in [5, 5.41) is 15.6. The largest absolute Gasteiger partial charge is 0.478 e. The first kappa shape index (κ1) is 45.5. The SMILES string of the molecule is CN[C@H](C(=O)N[C@H](C(=O)N(C)[C@H](/C=C(\C)C(=O)O)C(C)C)C(C)(C)C)C(C)(C)c1ccc(-c2ccccc2)cc1.O=C(C(=O)C(F)(F)F)C(F)(F)F. The van der Waals surface area contributed by atoms with Crippen LogP contribution in [0.15, 0.2) is 66.2 Å². The summed E-state index contributed by atoms with van der Waals surface area (Å²) in [6, 6.07) is 16.5. The number of Topliss-reactive ketones (excluding diaryl/α,β-unsaturated/α-hetero) is 2. The molecule has 3 atom stereocenters. The van der Waals surface area contributed by atoms with Crippen LogP contribution in [0.4, 0.5) is 26.3 Å². The quantitative estimate of drug-likeness (QED) is 0.128. The summed E-state index contributed by atoms with van der Waals surface area (Å²) < 4.78 is 67.0. The van der Waals surface area contributed by atoms with Crippen LogP contribution in [-0.2, 0) is 29.4 Å². The molecule has 0 saturated carbocycles. The second-order valence-corrected chi connectivity index (χ2v) is 14.2. The molecule has 0 aliphatic heterocycles. The fourth-order valence-corrected chi connectivity index (χ4v) is 5.27. The number of alkyl halides is 6. The molecule has 2 aromatic carbocycles. The van der Waals surface area contributed by atoms with Crippen molar-refractivity contribution >= 4 is 29.4 Å². The Bertz CT molecular complexity index is 1570. The van der Waals surface area contributed by atoms with Gasteiger partial charge in [-0.25, -0.2) is 4.79 Å². The molecule has 52 heavy (non-hydrogen) atoms. The lowest BCUT2D eigenvalue weighted by atomic mass is 9.76. The number of carboxylic acid groups (broad SMARTS) is 1. The third-order valence-electron chi connectivity index (χ3n) is 8.37. The minimum Gasteiger partial charge on any atom is -0.478 e. The van der Waals surface area contributed by atoms with E-state index in [-0.39, 0.29) is 23.3 Å². The van der Waals surface area contributed by atoms with Crippen molar-refractivity contribution in [2.45, 2.75) is 91.3 Å². The number of hydrogen-bond donors (Lipinski definition) is 3. The highest BCUT2D eigenvalue weighted by atomic mass is 19.4. The van der Waals surface area contributed by atoms with Crippen LogP contribution in [0.1, 0.15) is 61.0 Å². The van der Waals surface area contributed by atoms with Crippen LogP contribution in [0.2, 0.25) is 0 Å². The summed E-state index contributed by atoms with van der Waals surface area (Å²) in [5.41, 5.74) is 2.20. The second-order valence-electron chi connectivity index (χ2n) is 14.2. The van der Waals surface area contributed by atoms with Gasteiger partial charge in [0, 0.05) is 18.0 Å². The van der Waals surface area contributed by atoms with E-state index >= 15 is 0 Å². The summed E-state index contributed by atoms with van der Waals surface area (Å²) in [5.74, 6) is -8.41. The van der Waals surface area contributed by atoms with Crippen molar-refractivity contribution in [3.05, 3.63) is 71.8 Å². The fourth-order valence-electron chi connectivity index (χ4n) is 5.27. The van der Waals surface area contributed by atoms with E-state index in [4.69, 9.17) is 0 Å². The van der Waals surface area contributed by atoms with Crippen LogP contribution < -0.4 is 10.6 Å². The van der Waals surface area contributed by atoms with E-state index in [1.54, 1.807) is 25.1 Å². The van der Waals surface area contributed by atoms with Crippen molar-refractivity contribution in [2.24, 2.45) is 11.3 Å². The standard InChI is InChI=1S/C33H47N3O4.C4F6O2/c1-21(2)26(20-22(3)31(39)40)36(10)30(38)28(32(4,5)6)35-29(37)27(34-9)33(7,8)25-18-16-24(17-19-25)23-14-12-11-13-15-23;5-3(6,7)1(11)2(12)4(8,9)10/h11-21,26-28,34H,1-10H3,(H,35,37)(H,39,40);/b22-20+;/t26-,27-,28-;/m1./s1. The average Bonchev–Trinajstić information content (AvgIpc) is 3.04. The lowest BCUT2D eigenvalue weighted by molar-refractivity contribution is -0.193. The van der Waals surface area contributed by atoms with E-state index < -0.39 is 58.8 Å². The maximum atomic E-state index is 13.8. The lowest BCUT2D eigenvalue weighted by Crippen LogP contribution is -2.61. The number of halogens is 6.